The summed E-state index contributed by atoms with van der Waals surface area (Å²) in [6.45, 7) is 8.11. The minimum atomic E-state index is -0.571. The van der Waals surface area contributed by atoms with Gasteiger partial charge in [0.2, 0.25) is 0 Å². The van der Waals surface area contributed by atoms with E-state index in [9.17, 15) is 14.4 Å². The van der Waals surface area contributed by atoms with Crippen molar-refractivity contribution in [3.8, 4) is 0 Å². The topological polar surface area (TPSA) is 257 Å². The van der Waals surface area contributed by atoms with Crippen molar-refractivity contribution in [2.24, 2.45) is 5.11 Å². The second-order valence-corrected chi connectivity index (χ2v) is 10.00. The van der Waals surface area contributed by atoms with Crippen LogP contribution >= 0.6 is 0 Å². The number of hydrogen-bond acceptors (Lipinski definition) is 12. The molecule has 0 amide bonds. The number of aliphatic hydroxyl groups is 1. The third-order valence-electron chi connectivity index (χ3n) is 6.59. The van der Waals surface area contributed by atoms with E-state index in [-0.39, 0.29) is 13.2 Å². The van der Waals surface area contributed by atoms with Crippen LogP contribution < -0.4 is 5.23 Å². The maximum Gasteiger partial charge on any atom is 0.373 e. The zero-order chi connectivity index (χ0) is 36.6. The average molecular weight is 683 g/mol. The van der Waals surface area contributed by atoms with Gasteiger partial charge in [-0.15, -0.1) is 13.2 Å². The molecule has 0 bridgehead atoms. The Morgan fingerprint density at radius 3 is 1.86 bits per heavy atom. The first kappa shape index (κ1) is 38.1. The van der Waals surface area contributed by atoms with Crippen LogP contribution in [0.3, 0.4) is 0 Å². The van der Waals surface area contributed by atoms with Crippen molar-refractivity contribution in [1.29, 1.82) is 0 Å². The summed E-state index contributed by atoms with van der Waals surface area (Å²) < 4.78 is 9.21. The minimum Gasteiger partial charge on any atom is -0.465 e. The second kappa shape index (κ2) is 18.9. The van der Waals surface area contributed by atoms with E-state index in [0.29, 0.717) is 57.0 Å². The molecule has 3 heterocycles. The number of aldehydes is 1. The van der Waals surface area contributed by atoms with Crippen molar-refractivity contribution in [3.63, 3.8) is 0 Å². The largest absolute Gasteiger partial charge is 0.465 e. The lowest BCUT2D eigenvalue weighted by Crippen LogP contribution is -2.30. The highest BCUT2D eigenvalue weighted by Crippen LogP contribution is 2.16. The Balaban J connectivity index is 0.000000198. The maximum atomic E-state index is 11.3. The number of nitrogens with one attached hydrogen (secondary N) is 4. The molecule has 0 atom stereocenters. The van der Waals surface area contributed by atoms with Gasteiger partial charge in [-0.1, -0.05) is 5.11 Å². The molecule has 17 nitrogen and oxygen atoms in total. The molecule has 0 aliphatic rings. The highest BCUT2D eigenvalue weighted by Gasteiger charge is 2.10. The number of aromatic nitrogens is 6. The van der Waals surface area contributed by atoms with E-state index in [1.54, 1.807) is 61.4 Å². The fraction of sp³-hybridized carbons (Fsp3) is 0.188. The van der Waals surface area contributed by atoms with Crippen LogP contribution in [0.1, 0.15) is 48.5 Å². The van der Waals surface area contributed by atoms with Crippen molar-refractivity contribution in [2.75, 3.05) is 14.2 Å². The smallest absolute Gasteiger partial charge is 0.373 e. The van der Waals surface area contributed by atoms with E-state index in [1.165, 1.54) is 14.2 Å². The Labute approximate surface area is 285 Å². The molecule has 0 saturated carbocycles. The van der Waals surface area contributed by atoms with Crippen LogP contribution in [0.4, 0.5) is 0 Å². The van der Waals surface area contributed by atoms with Crippen LogP contribution in [-0.2, 0) is 29.2 Å². The summed E-state index contributed by atoms with van der Waals surface area (Å²) in [7, 11) is 2.09. The number of esters is 2. The lowest BCUT2D eigenvalue weighted by molar-refractivity contribution is 0.0592. The van der Waals surface area contributed by atoms with Gasteiger partial charge in [-0.05, 0) is 67.0 Å². The maximum absolute atomic E-state index is 11.3. The van der Waals surface area contributed by atoms with Crippen LogP contribution in [0.15, 0.2) is 72.9 Å². The van der Waals surface area contributed by atoms with Crippen LogP contribution in [-0.4, -0.2) is 79.5 Å². The molecule has 0 fully saturated rings. The summed E-state index contributed by atoms with van der Waals surface area (Å²) >= 11 is 0. The van der Waals surface area contributed by atoms with Crippen LogP contribution in [0.2, 0.25) is 6.82 Å². The van der Waals surface area contributed by atoms with E-state index in [1.807, 2.05) is 0 Å². The van der Waals surface area contributed by atoms with Gasteiger partial charge in [0.15, 0.2) is 0 Å². The van der Waals surface area contributed by atoms with Gasteiger partial charge < -0.3 is 39.8 Å². The Morgan fingerprint density at radius 2 is 1.36 bits per heavy atom. The predicted molar refractivity (Wildman–Crippen MR) is 187 cm³/mol. The lowest BCUT2D eigenvalue weighted by atomic mass is 9.89. The number of methoxy groups -OCH3 is 2. The number of benzene rings is 3. The van der Waals surface area contributed by atoms with Gasteiger partial charge >= 0.3 is 19.0 Å². The number of fused-ring (bicyclic) bond motifs is 3. The summed E-state index contributed by atoms with van der Waals surface area (Å²) in [5.74, 6) is 0.973. The highest BCUT2D eigenvalue weighted by atomic mass is 16.5. The molecule has 0 unspecified atom stereocenters. The van der Waals surface area contributed by atoms with Crippen molar-refractivity contribution in [3.05, 3.63) is 112 Å². The molecule has 6 rings (SSSR count). The number of imidazole rings is 3. The van der Waals surface area contributed by atoms with Crippen molar-refractivity contribution >= 4 is 58.4 Å². The number of hydrogen-bond donors (Lipinski definition) is 6. The summed E-state index contributed by atoms with van der Waals surface area (Å²) in [4.78, 5) is 57.3. The van der Waals surface area contributed by atoms with E-state index in [2.05, 4.69) is 67.8 Å². The SMILES string of the molecule is C=C.CB(O)NCc1nc2ccc(C=O)cc2[nH]1.COC(=O)c1ccc2nc(CN=[N+]=[N-])[nH]c2c1.COC(=O)c1ccc2nc(CO)[nH]c2c1. The number of nitrogens with zero attached hydrogens (tertiary/aromatic N) is 6. The number of carbonyl (C=O) groups excluding carboxylic acids is 3. The Morgan fingerprint density at radius 1 is 0.880 bits per heavy atom. The number of aliphatic hydroxyl groups excluding tert-OH is 1. The second-order valence-electron chi connectivity index (χ2n) is 10.00. The molecule has 6 N–H and O–H groups in total. The Kier molecular flexibility index (Phi) is 14.4. The molecule has 0 saturated heterocycles. The van der Waals surface area contributed by atoms with E-state index in [4.69, 9.17) is 15.7 Å². The quantitative estimate of drug-likeness (QED) is 0.0237. The van der Waals surface area contributed by atoms with Crippen molar-refractivity contribution in [2.45, 2.75) is 26.5 Å². The van der Waals surface area contributed by atoms with Crippen molar-refractivity contribution < 1.29 is 34.0 Å². The first-order valence-electron chi connectivity index (χ1n) is 14.8. The van der Waals surface area contributed by atoms with Crippen molar-refractivity contribution in [1.82, 2.24) is 35.1 Å². The first-order valence-corrected chi connectivity index (χ1v) is 14.8. The number of ether oxygens (including phenoxy) is 2. The monoisotopic (exact) mass is 682 g/mol. The number of rotatable bonds is 9. The summed E-state index contributed by atoms with van der Waals surface area (Å²) in [5.41, 5.74) is 14.2. The van der Waals surface area contributed by atoms with Gasteiger partial charge in [0, 0.05) is 17.0 Å². The minimum absolute atomic E-state index is 0.151. The average Bonchev–Trinajstić information content (AvgIpc) is 3.88. The number of carbonyl (C=O) groups is 3. The zero-order valence-corrected chi connectivity index (χ0v) is 27.5. The molecule has 258 valence electrons. The molecule has 3 aromatic carbocycles. The normalized spacial score (nSPS) is 10.0. The fourth-order valence-electron chi connectivity index (χ4n) is 4.34. The molecular weight excluding hydrogens is 647 g/mol. The zero-order valence-electron chi connectivity index (χ0n) is 27.5. The lowest BCUT2D eigenvalue weighted by Gasteiger charge is -1.99. The van der Waals surface area contributed by atoms with Gasteiger partial charge in [0.05, 0.1) is 65.0 Å². The number of H-pyrrole nitrogens is 3. The van der Waals surface area contributed by atoms with Gasteiger partial charge in [-0.2, -0.15) is 0 Å². The molecule has 6 aromatic rings. The van der Waals surface area contributed by atoms with E-state index in [0.717, 1.165) is 23.1 Å². The van der Waals surface area contributed by atoms with Gasteiger partial charge in [-0.25, -0.2) is 24.5 Å². The first-order chi connectivity index (χ1) is 24.2. The summed E-state index contributed by atoms with van der Waals surface area (Å²) in [6.07, 6.45) is 0.800. The molecule has 0 radical (unpaired) electrons. The third-order valence-corrected chi connectivity index (χ3v) is 6.59. The summed E-state index contributed by atoms with van der Waals surface area (Å²) in [6, 6.07) is 15.2. The van der Waals surface area contributed by atoms with Crippen LogP contribution in [0.25, 0.3) is 43.5 Å². The number of aromatic amines is 3. The van der Waals surface area contributed by atoms with E-state index < -0.39 is 19.0 Å². The summed E-state index contributed by atoms with van der Waals surface area (Å²) in [5, 5.41) is 24.2. The predicted octanol–water partition coefficient (Wildman–Crippen LogP) is 4.38. The highest BCUT2D eigenvalue weighted by molar-refractivity contribution is 6.45. The van der Waals surface area contributed by atoms with E-state index >= 15 is 0 Å². The van der Waals surface area contributed by atoms with Gasteiger partial charge in [0.1, 0.15) is 30.4 Å². The Bertz CT molecular complexity index is 2120. The molecule has 50 heavy (non-hydrogen) atoms. The molecule has 3 aromatic heterocycles. The van der Waals surface area contributed by atoms with Gasteiger partial charge in [-0.3, -0.25) is 4.79 Å². The molecule has 0 spiro atoms. The molecule has 0 aliphatic carbocycles. The molecule has 0 aliphatic heterocycles. The standard InChI is InChI=1S/C10H12BN3O2.C10H9N5O2.C10H10N2O3.C2H4/c1-11(16)12-5-10-13-8-3-2-7(6-15)4-9(8)14-10;1-17-10(16)6-2-3-7-8(4-6)14-9(13-7)5-12-15-11;1-15-10(14)6-2-3-7-8(4-6)12-9(5-13)11-7;1-2/h2-4,6,12,16H,5H2,1H3,(H,13,14);2-4H,5H2,1H3,(H,13,14);2-4,13H,5H2,1H3,(H,11,12);1-2H2. The molecular formula is C32H35BN10O7. The Hall–Kier alpha value is -6.33. The third kappa shape index (κ3) is 10.3. The fourth-order valence-corrected chi connectivity index (χ4v) is 4.34. The molecule has 18 heteroatoms. The van der Waals surface area contributed by atoms with Crippen LogP contribution in [0, 0.1) is 0 Å². The van der Waals surface area contributed by atoms with Gasteiger partial charge in [0.25, 0.3) is 0 Å². The number of azide groups is 1. The van der Waals surface area contributed by atoms with Crippen LogP contribution in [0.5, 0.6) is 0 Å².